The molecule has 2 rings (SSSR count). The van der Waals surface area contributed by atoms with E-state index < -0.39 is 0 Å². The number of hydrogen-bond acceptors (Lipinski definition) is 4. The van der Waals surface area contributed by atoms with Crippen LogP contribution >= 0.6 is 0 Å². The molecular formula is C20H24N2O4. The molecule has 26 heavy (non-hydrogen) atoms. The number of hydrogen-bond donors (Lipinski definition) is 2. The van der Waals surface area contributed by atoms with Gasteiger partial charge in [0.1, 0.15) is 0 Å². The third-order valence-electron chi connectivity index (χ3n) is 3.78. The highest BCUT2D eigenvalue weighted by atomic mass is 16.5. The SMILES string of the molecule is CCCNC(=O)c1ccc(NC(=O)Cc2ccc(OC)c(OC)c2)cc1. The lowest BCUT2D eigenvalue weighted by molar-refractivity contribution is -0.115. The fourth-order valence-corrected chi connectivity index (χ4v) is 2.43. The van der Waals surface area contributed by atoms with E-state index in [0.717, 1.165) is 12.0 Å². The summed E-state index contributed by atoms with van der Waals surface area (Å²) >= 11 is 0. The van der Waals surface area contributed by atoms with E-state index in [1.54, 1.807) is 50.6 Å². The van der Waals surface area contributed by atoms with Crippen LogP contribution in [0.25, 0.3) is 0 Å². The van der Waals surface area contributed by atoms with Gasteiger partial charge in [-0.1, -0.05) is 13.0 Å². The van der Waals surface area contributed by atoms with Crippen molar-refractivity contribution in [2.75, 3.05) is 26.1 Å². The van der Waals surface area contributed by atoms with Crippen LogP contribution in [0.3, 0.4) is 0 Å². The summed E-state index contributed by atoms with van der Waals surface area (Å²) < 4.78 is 10.4. The van der Waals surface area contributed by atoms with Crippen molar-refractivity contribution < 1.29 is 19.1 Å². The predicted octanol–water partition coefficient (Wildman–Crippen LogP) is 3.02. The third kappa shape index (κ3) is 5.24. The van der Waals surface area contributed by atoms with Gasteiger partial charge in [0.15, 0.2) is 11.5 Å². The molecule has 2 amide bonds. The molecule has 0 saturated carbocycles. The normalized spacial score (nSPS) is 10.1. The van der Waals surface area contributed by atoms with E-state index in [-0.39, 0.29) is 18.2 Å². The second-order valence-electron chi connectivity index (χ2n) is 5.75. The van der Waals surface area contributed by atoms with Crippen molar-refractivity contribution >= 4 is 17.5 Å². The van der Waals surface area contributed by atoms with Crippen LogP contribution in [0.5, 0.6) is 11.5 Å². The van der Waals surface area contributed by atoms with Gasteiger partial charge < -0.3 is 20.1 Å². The van der Waals surface area contributed by atoms with Crippen LogP contribution in [0, 0.1) is 0 Å². The summed E-state index contributed by atoms with van der Waals surface area (Å²) in [5.74, 6) is 0.935. The number of carbonyl (C=O) groups excluding carboxylic acids is 2. The largest absolute Gasteiger partial charge is 0.493 e. The number of rotatable bonds is 8. The maximum Gasteiger partial charge on any atom is 0.251 e. The first kappa shape index (κ1) is 19.3. The van der Waals surface area contributed by atoms with E-state index in [4.69, 9.17) is 9.47 Å². The van der Waals surface area contributed by atoms with Crippen LogP contribution in [0.2, 0.25) is 0 Å². The standard InChI is InChI=1S/C20H24N2O4/c1-4-11-21-20(24)15-6-8-16(9-7-15)22-19(23)13-14-5-10-17(25-2)18(12-14)26-3/h5-10,12H,4,11,13H2,1-3H3,(H,21,24)(H,22,23). The molecule has 0 heterocycles. The quantitative estimate of drug-likeness (QED) is 0.762. The number of ether oxygens (including phenoxy) is 2. The lowest BCUT2D eigenvalue weighted by Gasteiger charge is -2.10. The molecule has 2 aromatic rings. The van der Waals surface area contributed by atoms with Gasteiger partial charge in [0.25, 0.3) is 5.91 Å². The molecule has 0 atom stereocenters. The Morgan fingerprint density at radius 2 is 1.65 bits per heavy atom. The molecule has 0 aromatic heterocycles. The van der Waals surface area contributed by atoms with E-state index in [1.165, 1.54) is 0 Å². The molecule has 0 aliphatic carbocycles. The number of carbonyl (C=O) groups is 2. The third-order valence-corrected chi connectivity index (χ3v) is 3.78. The van der Waals surface area contributed by atoms with Gasteiger partial charge in [0.05, 0.1) is 20.6 Å². The fourth-order valence-electron chi connectivity index (χ4n) is 2.43. The topological polar surface area (TPSA) is 76.7 Å². The van der Waals surface area contributed by atoms with Crippen LogP contribution in [0.4, 0.5) is 5.69 Å². The zero-order chi connectivity index (χ0) is 18.9. The van der Waals surface area contributed by atoms with Crippen LogP contribution in [-0.4, -0.2) is 32.6 Å². The summed E-state index contributed by atoms with van der Waals surface area (Å²) in [6.07, 6.45) is 1.09. The zero-order valence-corrected chi connectivity index (χ0v) is 15.3. The molecule has 2 aromatic carbocycles. The van der Waals surface area contributed by atoms with Gasteiger partial charge in [-0.05, 0) is 48.4 Å². The summed E-state index contributed by atoms with van der Waals surface area (Å²) in [5.41, 5.74) is 2.02. The maximum atomic E-state index is 12.2. The molecule has 0 aliphatic rings. The van der Waals surface area contributed by atoms with E-state index in [2.05, 4.69) is 10.6 Å². The van der Waals surface area contributed by atoms with Crippen molar-refractivity contribution in [3.8, 4) is 11.5 Å². The first-order chi connectivity index (χ1) is 12.6. The Balaban J connectivity index is 1.96. The first-order valence-corrected chi connectivity index (χ1v) is 8.46. The smallest absolute Gasteiger partial charge is 0.251 e. The molecule has 0 bridgehead atoms. The highest BCUT2D eigenvalue weighted by molar-refractivity contribution is 5.96. The number of benzene rings is 2. The Morgan fingerprint density at radius 1 is 0.962 bits per heavy atom. The predicted molar refractivity (Wildman–Crippen MR) is 101 cm³/mol. The monoisotopic (exact) mass is 356 g/mol. The Morgan fingerprint density at radius 3 is 2.27 bits per heavy atom. The van der Waals surface area contributed by atoms with E-state index in [9.17, 15) is 9.59 Å². The molecule has 0 saturated heterocycles. The fraction of sp³-hybridized carbons (Fsp3) is 0.300. The van der Waals surface area contributed by atoms with E-state index in [1.807, 2.05) is 13.0 Å². The van der Waals surface area contributed by atoms with Crippen molar-refractivity contribution in [1.82, 2.24) is 5.32 Å². The minimum Gasteiger partial charge on any atom is -0.493 e. The molecule has 0 fully saturated rings. The minimum absolute atomic E-state index is 0.116. The first-order valence-electron chi connectivity index (χ1n) is 8.46. The van der Waals surface area contributed by atoms with Gasteiger partial charge in [-0.25, -0.2) is 0 Å². The molecule has 0 unspecified atom stereocenters. The summed E-state index contributed by atoms with van der Waals surface area (Å²) in [6, 6.07) is 12.2. The average molecular weight is 356 g/mol. The molecule has 2 N–H and O–H groups in total. The van der Waals surface area contributed by atoms with Gasteiger partial charge in [0.2, 0.25) is 5.91 Å². The summed E-state index contributed by atoms with van der Waals surface area (Å²) in [5, 5.41) is 5.64. The van der Waals surface area contributed by atoms with Gasteiger partial charge in [-0.3, -0.25) is 9.59 Å². The molecule has 0 radical (unpaired) electrons. The summed E-state index contributed by atoms with van der Waals surface area (Å²) in [4.78, 5) is 24.1. The molecular weight excluding hydrogens is 332 g/mol. The van der Waals surface area contributed by atoms with E-state index >= 15 is 0 Å². The highest BCUT2D eigenvalue weighted by Gasteiger charge is 2.09. The molecule has 0 aliphatic heterocycles. The molecule has 0 spiro atoms. The van der Waals surface area contributed by atoms with Crippen molar-refractivity contribution in [1.29, 1.82) is 0 Å². The maximum absolute atomic E-state index is 12.2. The van der Waals surface area contributed by atoms with Gasteiger partial charge in [-0.15, -0.1) is 0 Å². The second-order valence-corrected chi connectivity index (χ2v) is 5.75. The number of amides is 2. The van der Waals surface area contributed by atoms with Gasteiger partial charge in [-0.2, -0.15) is 0 Å². The Bertz CT molecular complexity index is 757. The Kier molecular flexibility index (Phi) is 7.02. The van der Waals surface area contributed by atoms with Crippen molar-refractivity contribution in [2.24, 2.45) is 0 Å². The number of anilines is 1. The summed E-state index contributed by atoms with van der Waals surface area (Å²) in [7, 11) is 3.12. The lowest BCUT2D eigenvalue weighted by atomic mass is 10.1. The van der Waals surface area contributed by atoms with Crippen LogP contribution < -0.4 is 20.1 Å². The lowest BCUT2D eigenvalue weighted by Crippen LogP contribution is -2.23. The number of nitrogens with one attached hydrogen (secondary N) is 2. The van der Waals surface area contributed by atoms with E-state index in [0.29, 0.717) is 29.3 Å². The Hall–Kier alpha value is -3.02. The van der Waals surface area contributed by atoms with Gasteiger partial charge in [0, 0.05) is 17.8 Å². The molecule has 6 heteroatoms. The van der Waals surface area contributed by atoms with Crippen LogP contribution in [0.15, 0.2) is 42.5 Å². The number of methoxy groups -OCH3 is 2. The minimum atomic E-state index is -0.152. The van der Waals surface area contributed by atoms with Crippen LogP contribution in [0.1, 0.15) is 29.3 Å². The van der Waals surface area contributed by atoms with Crippen molar-refractivity contribution in [3.63, 3.8) is 0 Å². The van der Waals surface area contributed by atoms with Crippen molar-refractivity contribution in [2.45, 2.75) is 19.8 Å². The Labute approximate surface area is 153 Å². The zero-order valence-electron chi connectivity index (χ0n) is 15.3. The van der Waals surface area contributed by atoms with Gasteiger partial charge >= 0.3 is 0 Å². The average Bonchev–Trinajstić information content (AvgIpc) is 2.66. The van der Waals surface area contributed by atoms with Crippen molar-refractivity contribution in [3.05, 3.63) is 53.6 Å². The highest BCUT2D eigenvalue weighted by Crippen LogP contribution is 2.27. The molecule has 6 nitrogen and oxygen atoms in total. The van der Waals surface area contributed by atoms with Crippen LogP contribution in [-0.2, 0) is 11.2 Å². The summed E-state index contributed by atoms with van der Waals surface area (Å²) in [6.45, 7) is 2.64. The molecule has 138 valence electrons. The second kappa shape index (κ2) is 9.46.